The summed E-state index contributed by atoms with van der Waals surface area (Å²) in [5, 5.41) is 7.87. The standard InChI is InChI=1S/C20H20ClN3O4/c1-3-17(25)13-5-4-6-16(11-13)24-20(28)19(27)22-12(2)18(26)23-15-9-7-14(21)8-10-15/h4-12H,3H2,1-2H3,(H,22,27)(H,23,26)(H,24,28). The fourth-order valence-electron chi connectivity index (χ4n) is 2.27. The van der Waals surface area contributed by atoms with E-state index in [-0.39, 0.29) is 5.78 Å². The van der Waals surface area contributed by atoms with E-state index >= 15 is 0 Å². The molecule has 0 aliphatic carbocycles. The Morgan fingerprint density at radius 3 is 2.25 bits per heavy atom. The van der Waals surface area contributed by atoms with Crippen LogP contribution in [0, 0.1) is 0 Å². The van der Waals surface area contributed by atoms with Gasteiger partial charge < -0.3 is 16.0 Å². The minimum Gasteiger partial charge on any atom is -0.336 e. The quantitative estimate of drug-likeness (QED) is 0.511. The smallest absolute Gasteiger partial charge is 0.313 e. The highest BCUT2D eigenvalue weighted by Gasteiger charge is 2.21. The molecule has 0 aliphatic rings. The molecule has 8 heteroatoms. The number of nitrogens with one attached hydrogen (secondary N) is 3. The summed E-state index contributed by atoms with van der Waals surface area (Å²) in [5.41, 5.74) is 1.27. The van der Waals surface area contributed by atoms with Gasteiger partial charge in [0.1, 0.15) is 6.04 Å². The summed E-state index contributed by atoms with van der Waals surface area (Å²) < 4.78 is 0. The van der Waals surface area contributed by atoms with Crippen molar-refractivity contribution < 1.29 is 19.2 Å². The molecule has 0 spiro atoms. The number of benzene rings is 2. The maximum Gasteiger partial charge on any atom is 0.313 e. The molecule has 0 aromatic heterocycles. The molecule has 2 aromatic carbocycles. The summed E-state index contributed by atoms with van der Waals surface area (Å²) in [6, 6.07) is 11.8. The second-order valence-electron chi connectivity index (χ2n) is 6.00. The summed E-state index contributed by atoms with van der Waals surface area (Å²) in [6.07, 6.45) is 0.331. The highest BCUT2D eigenvalue weighted by molar-refractivity contribution is 6.40. The number of halogens is 1. The zero-order valence-electron chi connectivity index (χ0n) is 15.4. The van der Waals surface area contributed by atoms with Crippen molar-refractivity contribution in [2.45, 2.75) is 26.3 Å². The molecule has 2 aromatic rings. The van der Waals surface area contributed by atoms with E-state index in [9.17, 15) is 19.2 Å². The van der Waals surface area contributed by atoms with Gasteiger partial charge >= 0.3 is 11.8 Å². The van der Waals surface area contributed by atoms with Gasteiger partial charge in [0.15, 0.2) is 5.78 Å². The van der Waals surface area contributed by atoms with Crippen molar-refractivity contribution in [3.8, 4) is 0 Å². The summed E-state index contributed by atoms with van der Waals surface area (Å²) in [5.74, 6) is -2.47. The molecule has 28 heavy (non-hydrogen) atoms. The third-order valence-electron chi connectivity index (χ3n) is 3.82. The van der Waals surface area contributed by atoms with Crippen LogP contribution in [0.5, 0.6) is 0 Å². The number of hydrogen-bond acceptors (Lipinski definition) is 4. The van der Waals surface area contributed by atoms with Crippen LogP contribution < -0.4 is 16.0 Å². The third kappa shape index (κ3) is 5.92. The normalized spacial score (nSPS) is 11.2. The Bertz CT molecular complexity index is 897. The van der Waals surface area contributed by atoms with Crippen LogP contribution in [-0.4, -0.2) is 29.5 Å². The lowest BCUT2D eigenvalue weighted by Crippen LogP contribution is -2.46. The van der Waals surface area contributed by atoms with Gasteiger partial charge in [0.2, 0.25) is 5.91 Å². The van der Waals surface area contributed by atoms with E-state index in [1.807, 2.05) is 0 Å². The van der Waals surface area contributed by atoms with E-state index in [0.29, 0.717) is 28.4 Å². The van der Waals surface area contributed by atoms with E-state index < -0.39 is 23.8 Å². The molecule has 2 rings (SSSR count). The molecule has 3 amide bonds. The van der Waals surface area contributed by atoms with Crippen molar-refractivity contribution in [1.82, 2.24) is 5.32 Å². The first-order valence-electron chi connectivity index (χ1n) is 8.61. The molecule has 1 unspecified atom stereocenters. The van der Waals surface area contributed by atoms with E-state index in [2.05, 4.69) is 16.0 Å². The number of carbonyl (C=O) groups excluding carboxylic acids is 4. The first-order valence-corrected chi connectivity index (χ1v) is 8.99. The number of amides is 3. The van der Waals surface area contributed by atoms with Crippen molar-refractivity contribution in [2.24, 2.45) is 0 Å². The lowest BCUT2D eigenvalue weighted by atomic mass is 10.1. The van der Waals surface area contributed by atoms with Crippen molar-refractivity contribution in [1.29, 1.82) is 0 Å². The molecule has 0 saturated heterocycles. The molecule has 0 fully saturated rings. The molecular formula is C20H20ClN3O4. The largest absolute Gasteiger partial charge is 0.336 e. The lowest BCUT2D eigenvalue weighted by Gasteiger charge is -2.14. The zero-order valence-corrected chi connectivity index (χ0v) is 16.2. The first kappa shape index (κ1) is 21.1. The van der Waals surface area contributed by atoms with Crippen LogP contribution in [0.25, 0.3) is 0 Å². The van der Waals surface area contributed by atoms with Gasteiger partial charge in [0, 0.05) is 28.4 Å². The van der Waals surface area contributed by atoms with Crippen LogP contribution in [0.1, 0.15) is 30.6 Å². The summed E-state index contributed by atoms with van der Waals surface area (Å²) in [6.45, 7) is 3.19. The van der Waals surface area contributed by atoms with Crippen LogP contribution in [0.2, 0.25) is 5.02 Å². The maximum atomic E-state index is 12.1. The molecule has 0 radical (unpaired) electrons. The molecule has 0 bridgehead atoms. The van der Waals surface area contributed by atoms with Crippen molar-refractivity contribution in [3.63, 3.8) is 0 Å². The third-order valence-corrected chi connectivity index (χ3v) is 4.07. The Kier molecular flexibility index (Phi) is 7.28. The topological polar surface area (TPSA) is 104 Å². The van der Waals surface area contributed by atoms with Gasteiger partial charge in [-0.15, -0.1) is 0 Å². The molecule has 0 heterocycles. The van der Waals surface area contributed by atoms with E-state index in [1.165, 1.54) is 13.0 Å². The summed E-state index contributed by atoms with van der Waals surface area (Å²) in [7, 11) is 0. The molecule has 146 valence electrons. The predicted molar refractivity (Wildman–Crippen MR) is 107 cm³/mol. The van der Waals surface area contributed by atoms with Crippen molar-refractivity contribution >= 4 is 46.5 Å². The van der Waals surface area contributed by atoms with Gasteiger partial charge in [-0.05, 0) is 43.3 Å². The summed E-state index contributed by atoms with van der Waals surface area (Å²) in [4.78, 5) is 48.0. The molecular weight excluding hydrogens is 382 g/mol. The van der Waals surface area contributed by atoms with Gasteiger partial charge in [0.25, 0.3) is 0 Å². The minimum atomic E-state index is -0.967. The molecule has 0 saturated carbocycles. The Balaban J connectivity index is 1.92. The Hall–Kier alpha value is -3.19. The second-order valence-corrected chi connectivity index (χ2v) is 6.44. The average Bonchev–Trinajstić information content (AvgIpc) is 2.69. The molecule has 1 atom stereocenters. The SMILES string of the molecule is CCC(=O)c1cccc(NC(=O)C(=O)NC(C)C(=O)Nc2ccc(Cl)cc2)c1. The predicted octanol–water partition coefficient (Wildman–Crippen LogP) is 3.01. The van der Waals surface area contributed by atoms with E-state index in [0.717, 1.165) is 0 Å². The fraction of sp³-hybridized carbons (Fsp3) is 0.200. The molecule has 0 aliphatic heterocycles. The van der Waals surface area contributed by atoms with Gasteiger partial charge in [-0.25, -0.2) is 0 Å². The maximum absolute atomic E-state index is 12.1. The average molecular weight is 402 g/mol. The lowest BCUT2D eigenvalue weighted by molar-refractivity contribution is -0.137. The highest BCUT2D eigenvalue weighted by Crippen LogP contribution is 2.14. The van der Waals surface area contributed by atoms with Gasteiger partial charge in [0.05, 0.1) is 0 Å². The fourth-order valence-corrected chi connectivity index (χ4v) is 2.40. The number of hydrogen-bond donors (Lipinski definition) is 3. The number of Topliss-reactive ketones (excluding diaryl/α,β-unsaturated/α-hetero) is 1. The zero-order chi connectivity index (χ0) is 20.7. The van der Waals surface area contributed by atoms with Crippen LogP contribution in [0.15, 0.2) is 48.5 Å². The minimum absolute atomic E-state index is 0.0759. The second kappa shape index (κ2) is 9.66. The van der Waals surface area contributed by atoms with Crippen LogP contribution in [0.4, 0.5) is 11.4 Å². The molecule has 3 N–H and O–H groups in total. The monoisotopic (exact) mass is 401 g/mol. The Labute approximate surface area is 167 Å². The number of carbonyl (C=O) groups is 4. The first-order chi connectivity index (χ1) is 13.3. The molecule has 7 nitrogen and oxygen atoms in total. The van der Waals surface area contributed by atoms with E-state index in [4.69, 9.17) is 11.6 Å². The Morgan fingerprint density at radius 2 is 1.61 bits per heavy atom. The van der Waals surface area contributed by atoms with Gasteiger partial charge in [-0.2, -0.15) is 0 Å². The summed E-state index contributed by atoms with van der Waals surface area (Å²) >= 11 is 5.78. The Morgan fingerprint density at radius 1 is 0.929 bits per heavy atom. The number of rotatable bonds is 6. The number of ketones is 1. The van der Waals surface area contributed by atoms with Crippen molar-refractivity contribution in [3.05, 3.63) is 59.1 Å². The van der Waals surface area contributed by atoms with Gasteiger partial charge in [-0.3, -0.25) is 19.2 Å². The van der Waals surface area contributed by atoms with Crippen LogP contribution in [-0.2, 0) is 14.4 Å². The number of anilines is 2. The van der Waals surface area contributed by atoms with Crippen LogP contribution in [0.3, 0.4) is 0 Å². The van der Waals surface area contributed by atoms with E-state index in [1.54, 1.807) is 49.4 Å². The van der Waals surface area contributed by atoms with Crippen molar-refractivity contribution in [2.75, 3.05) is 10.6 Å². The van der Waals surface area contributed by atoms with Crippen LogP contribution >= 0.6 is 11.6 Å². The van der Waals surface area contributed by atoms with Gasteiger partial charge in [-0.1, -0.05) is 30.7 Å². The highest BCUT2D eigenvalue weighted by atomic mass is 35.5.